The van der Waals surface area contributed by atoms with Crippen LogP contribution in [0.1, 0.15) is 5.56 Å². The molecule has 0 aliphatic carbocycles. The average Bonchev–Trinajstić information content (AvgIpc) is 2.17. The molecule has 0 radical (unpaired) electrons. The SMILES string of the molecule is COc1ccc(CC(=O)C(F)(F)F)cn1. The van der Waals surface area contributed by atoms with Crippen molar-refractivity contribution in [3.63, 3.8) is 0 Å². The van der Waals surface area contributed by atoms with Crippen LogP contribution in [0.25, 0.3) is 0 Å². The fourth-order valence-corrected chi connectivity index (χ4v) is 0.922. The lowest BCUT2D eigenvalue weighted by Gasteiger charge is -2.05. The number of pyridine rings is 1. The van der Waals surface area contributed by atoms with E-state index < -0.39 is 18.4 Å². The lowest BCUT2D eigenvalue weighted by molar-refractivity contribution is -0.170. The van der Waals surface area contributed by atoms with Crippen LogP contribution in [0, 0.1) is 0 Å². The maximum atomic E-state index is 11.9. The molecule has 1 heterocycles. The lowest BCUT2D eigenvalue weighted by Crippen LogP contribution is -2.24. The van der Waals surface area contributed by atoms with Gasteiger partial charge in [0.15, 0.2) is 0 Å². The molecule has 82 valence electrons. The van der Waals surface area contributed by atoms with Gasteiger partial charge < -0.3 is 4.74 Å². The first-order valence-electron chi connectivity index (χ1n) is 4.02. The molecule has 6 heteroatoms. The molecule has 0 N–H and O–H groups in total. The van der Waals surface area contributed by atoms with E-state index in [0.29, 0.717) is 5.88 Å². The van der Waals surface area contributed by atoms with Crippen molar-refractivity contribution < 1.29 is 22.7 Å². The Hall–Kier alpha value is -1.59. The molecule has 0 saturated carbocycles. The van der Waals surface area contributed by atoms with Gasteiger partial charge in [-0.25, -0.2) is 4.98 Å². The number of halogens is 3. The van der Waals surface area contributed by atoms with Crippen LogP contribution >= 0.6 is 0 Å². The zero-order valence-corrected chi connectivity index (χ0v) is 7.84. The van der Waals surface area contributed by atoms with Crippen molar-refractivity contribution >= 4 is 5.78 Å². The molecule has 0 saturated heterocycles. The summed E-state index contributed by atoms with van der Waals surface area (Å²) in [7, 11) is 1.39. The summed E-state index contributed by atoms with van der Waals surface area (Å²) in [6, 6.07) is 2.77. The molecule has 15 heavy (non-hydrogen) atoms. The summed E-state index contributed by atoms with van der Waals surface area (Å²) in [6.45, 7) is 0. The number of rotatable bonds is 3. The maximum Gasteiger partial charge on any atom is 0.450 e. The van der Waals surface area contributed by atoms with Crippen molar-refractivity contribution in [3.05, 3.63) is 23.9 Å². The van der Waals surface area contributed by atoms with Gasteiger partial charge in [0.2, 0.25) is 11.7 Å². The topological polar surface area (TPSA) is 39.2 Å². The Morgan fingerprint density at radius 2 is 2.13 bits per heavy atom. The van der Waals surface area contributed by atoms with Gasteiger partial charge in [0.05, 0.1) is 7.11 Å². The maximum absolute atomic E-state index is 11.9. The van der Waals surface area contributed by atoms with Crippen LogP contribution < -0.4 is 4.74 Å². The van der Waals surface area contributed by atoms with E-state index in [2.05, 4.69) is 4.98 Å². The highest BCUT2D eigenvalue weighted by atomic mass is 19.4. The molecule has 0 bridgehead atoms. The molecular formula is C9H8F3NO2. The second-order valence-corrected chi connectivity index (χ2v) is 2.81. The second-order valence-electron chi connectivity index (χ2n) is 2.81. The quantitative estimate of drug-likeness (QED) is 0.777. The van der Waals surface area contributed by atoms with Crippen molar-refractivity contribution in [2.75, 3.05) is 7.11 Å². The fraction of sp³-hybridized carbons (Fsp3) is 0.333. The first-order valence-corrected chi connectivity index (χ1v) is 4.02. The Morgan fingerprint density at radius 3 is 2.53 bits per heavy atom. The van der Waals surface area contributed by atoms with Crippen LogP contribution in [0.4, 0.5) is 13.2 Å². The highest BCUT2D eigenvalue weighted by Gasteiger charge is 2.37. The van der Waals surface area contributed by atoms with E-state index in [1.54, 1.807) is 0 Å². The van der Waals surface area contributed by atoms with Gasteiger partial charge in [0.25, 0.3) is 0 Å². The van der Waals surface area contributed by atoms with Crippen molar-refractivity contribution in [3.8, 4) is 5.88 Å². The van der Waals surface area contributed by atoms with Crippen LogP contribution in [0.2, 0.25) is 0 Å². The summed E-state index contributed by atoms with van der Waals surface area (Å²) in [5.41, 5.74) is 0.207. The minimum Gasteiger partial charge on any atom is -0.481 e. The highest BCUT2D eigenvalue weighted by molar-refractivity contribution is 5.85. The van der Waals surface area contributed by atoms with E-state index in [9.17, 15) is 18.0 Å². The minimum atomic E-state index is -4.79. The van der Waals surface area contributed by atoms with E-state index in [1.807, 2.05) is 0 Å². The number of aromatic nitrogens is 1. The van der Waals surface area contributed by atoms with Crippen molar-refractivity contribution in [2.45, 2.75) is 12.6 Å². The third-order valence-electron chi connectivity index (χ3n) is 1.69. The number of hydrogen-bond acceptors (Lipinski definition) is 3. The molecule has 0 aliphatic rings. The Morgan fingerprint density at radius 1 is 1.47 bits per heavy atom. The first-order chi connectivity index (χ1) is 6.93. The van der Waals surface area contributed by atoms with Crippen molar-refractivity contribution in [2.24, 2.45) is 0 Å². The third kappa shape index (κ3) is 3.23. The van der Waals surface area contributed by atoms with Crippen LogP contribution in [0.5, 0.6) is 5.88 Å². The van der Waals surface area contributed by atoms with Crippen LogP contribution in [-0.2, 0) is 11.2 Å². The van der Waals surface area contributed by atoms with Crippen molar-refractivity contribution in [1.82, 2.24) is 4.98 Å². The molecule has 1 aromatic heterocycles. The third-order valence-corrected chi connectivity index (χ3v) is 1.69. The Balaban J connectivity index is 2.70. The summed E-state index contributed by atoms with van der Waals surface area (Å²) in [6.07, 6.45) is -4.30. The molecule has 0 fully saturated rings. The molecule has 3 nitrogen and oxygen atoms in total. The molecule has 0 unspecified atom stereocenters. The lowest BCUT2D eigenvalue weighted by atomic mass is 10.1. The molecular weight excluding hydrogens is 211 g/mol. The zero-order valence-electron chi connectivity index (χ0n) is 7.84. The number of ketones is 1. The van der Waals surface area contributed by atoms with Gasteiger partial charge >= 0.3 is 6.18 Å². The monoisotopic (exact) mass is 219 g/mol. The molecule has 0 amide bonds. The number of methoxy groups -OCH3 is 1. The standard InChI is InChI=1S/C9H8F3NO2/c1-15-8-3-2-6(5-13-8)4-7(14)9(10,11)12/h2-3,5H,4H2,1H3. The predicted octanol–water partition coefficient (Wildman–Crippen LogP) is 1.76. The largest absolute Gasteiger partial charge is 0.481 e. The number of alkyl halides is 3. The predicted molar refractivity (Wildman–Crippen MR) is 45.6 cm³/mol. The molecule has 1 aromatic rings. The van der Waals surface area contributed by atoms with Crippen LogP contribution in [0.3, 0.4) is 0 Å². The van der Waals surface area contributed by atoms with Crippen LogP contribution in [0.15, 0.2) is 18.3 Å². The van der Waals surface area contributed by atoms with E-state index in [4.69, 9.17) is 4.74 Å². The molecule has 0 aliphatic heterocycles. The normalized spacial score (nSPS) is 11.2. The molecule has 0 aromatic carbocycles. The second kappa shape index (κ2) is 4.29. The van der Waals surface area contributed by atoms with E-state index in [0.717, 1.165) is 0 Å². The van der Waals surface area contributed by atoms with E-state index >= 15 is 0 Å². The smallest absolute Gasteiger partial charge is 0.450 e. The summed E-state index contributed by atoms with van der Waals surface area (Å²) >= 11 is 0. The molecule has 1 rings (SSSR count). The van der Waals surface area contributed by atoms with E-state index in [-0.39, 0.29) is 5.56 Å². The molecule has 0 atom stereocenters. The van der Waals surface area contributed by atoms with E-state index in [1.165, 1.54) is 25.4 Å². The number of carbonyl (C=O) groups is 1. The number of Topliss-reactive ketones (excluding diaryl/α,β-unsaturated/α-hetero) is 1. The van der Waals surface area contributed by atoms with Crippen molar-refractivity contribution in [1.29, 1.82) is 0 Å². The van der Waals surface area contributed by atoms with Gasteiger partial charge in [0, 0.05) is 18.7 Å². The Bertz CT molecular complexity index is 345. The Labute approximate surface area is 83.9 Å². The molecule has 0 spiro atoms. The highest BCUT2D eigenvalue weighted by Crippen LogP contribution is 2.19. The summed E-state index contributed by atoms with van der Waals surface area (Å²) in [4.78, 5) is 14.3. The van der Waals surface area contributed by atoms with Gasteiger partial charge in [0.1, 0.15) is 0 Å². The summed E-state index contributed by atoms with van der Waals surface area (Å²) < 4.78 is 40.4. The first kappa shape index (κ1) is 11.5. The van der Waals surface area contributed by atoms with Gasteiger partial charge in [-0.15, -0.1) is 0 Å². The van der Waals surface area contributed by atoms with Gasteiger partial charge in [-0.3, -0.25) is 4.79 Å². The average molecular weight is 219 g/mol. The minimum absolute atomic E-state index is 0.207. The van der Waals surface area contributed by atoms with Gasteiger partial charge in [-0.2, -0.15) is 13.2 Å². The summed E-state index contributed by atoms with van der Waals surface area (Å²) in [5.74, 6) is -1.49. The van der Waals surface area contributed by atoms with Gasteiger partial charge in [-0.05, 0) is 5.56 Å². The number of ether oxygens (including phenoxy) is 1. The summed E-state index contributed by atoms with van der Waals surface area (Å²) in [5, 5.41) is 0. The number of carbonyl (C=O) groups excluding carboxylic acids is 1. The van der Waals surface area contributed by atoms with Crippen LogP contribution in [-0.4, -0.2) is 24.1 Å². The number of nitrogens with zero attached hydrogens (tertiary/aromatic N) is 1. The fourth-order valence-electron chi connectivity index (χ4n) is 0.922. The zero-order chi connectivity index (χ0) is 11.5. The van der Waals surface area contributed by atoms with Gasteiger partial charge in [-0.1, -0.05) is 6.07 Å². The number of hydrogen-bond donors (Lipinski definition) is 0. The Kier molecular flexibility index (Phi) is 3.28.